The van der Waals surface area contributed by atoms with E-state index in [-0.39, 0.29) is 0 Å². The Labute approximate surface area is 129 Å². The van der Waals surface area contributed by atoms with Gasteiger partial charge >= 0.3 is 0 Å². The first-order valence-corrected chi connectivity index (χ1v) is 8.02. The Morgan fingerprint density at radius 3 is 2.63 bits per heavy atom. The molecule has 1 aromatic rings. The summed E-state index contributed by atoms with van der Waals surface area (Å²) in [5.41, 5.74) is 0. The van der Waals surface area contributed by atoms with Crippen molar-refractivity contribution < 1.29 is 4.74 Å². The lowest BCUT2D eigenvalue weighted by atomic mass is 9.92. The monoisotopic (exact) mass is 345 g/mol. The quantitative estimate of drug-likeness (QED) is 0.798. The first-order chi connectivity index (χ1) is 9.04. The van der Waals surface area contributed by atoms with E-state index in [1.165, 1.54) is 19.5 Å². The van der Waals surface area contributed by atoms with Gasteiger partial charge in [0.2, 0.25) is 0 Å². The lowest BCUT2D eigenvalue weighted by Gasteiger charge is -2.34. The molecule has 19 heavy (non-hydrogen) atoms. The highest BCUT2D eigenvalue weighted by Gasteiger charge is 2.21. The second kappa shape index (κ2) is 6.96. The fourth-order valence-corrected chi connectivity index (χ4v) is 3.65. The number of likely N-dealkylation sites (tertiary alicyclic amines) is 1. The van der Waals surface area contributed by atoms with Crippen LogP contribution >= 0.6 is 27.5 Å². The molecule has 1 aromatic carbocycles. The zero-order valence-corrected chi connectivity index (χ0v) is 13.9. The SMILES string of the molecule is C[C@@H]1C[C@@H](C)CN(CCOc2ccc(Cl)cc2Br)C1. The molecule has 0 radical (unpaired) electrons. The van der Waals surface area contributed by atoms with E-state index in [1.54, 1.807) is 0 Å². The average Bonchev–Trinajstić information content (AvgIpc) is 2.30. The number of nitrogens with zero attached hydrogens (tertiary/aromatic N) is 1. The molecule has 106 valence electrons. The maximum atomic E-state index is 5.91. The van der Waals surface area contributed by atoms with Gasteiger partial charge < -0.3 is 4.74 Å². The zero-order valence-electron chi connectivity index (χ0n) is 11.5. The Hall–Kier alpha value is -0.250. The molecule has 2 rings (SSSR count). The van der Waals surface area contributed by atoms with Crippen molar-refractivity contribution in [2.75, 3.05) is 26.2 Å². The predicted molar refractivity (Wildman–Crippen MR) is 84.0 cm³/mol. The number of benzene rings is 1. The Morgan fingerprint density at radius 1 is 1.32 bits per heavy atom. The third kappa shape index (κ3) is 4.66. The fourth-order valence-electron chi connectivity index (χ4n) is 2.85. The average molecular weight is 347 g/mol. The second-order valence-corrected chi connectivity index (χ2v) is 6.92. The number of ether oxygens (including phenoxy) is 1. The van der Waals surface area contributed by atoms with Gasteiger partial charge in [-0.05, 0) is 52.4 Å². The van der Waals surface area contributed by atoms with Crippen LogP contribution in [0.1, 0.15) is 20.3 Å². The fraction of sp³-hybridized carbons (Fsp3) is 0.600. The Balaban J connectivity index is 1.80. The standard InChI is InChI=1S/C15H21BrClNO/c1-11-7-12(2)10-18(9-11)5-6-19-15-4-3-13(17)8-14(15)16/h3-4,8,11-12H,5-7,9-10H2,1-2H3/t11-,12-/m1/s1. The molecule has 0 N–H and O–H groups in total. The highest BCUT2D eigenvalue weighted by molar-refractivity contribution is 9.10. The van der Waals surface area contributed by atoms with E-state index in [1.807, 2.05) is 18.2 Å². The summed E-state index contributed by atoms with van der Waals surface area (Å²) in [6.07, 6.45) is 1.35. The summed E-state index contributed by atoms with van der Waals surface area (Å²) in [5.74, 6) is 2.46. The molecule has 2 nitrogen and oxygen atoms in total. The number of hydrogen-bond donors (Lipinski definition) is 0. The molecule has 0 aromatic heterocycles. The van der Waals surface area contributed by atoms with Crippen molar-refractivity contribution in [2.24, 2.45) is 11.8 Å². The smallest absolute Gasteiger partial charge is 0.133 e. The molecule has 1 aliphatic heterocycles. The van der Waals surface area contributed by atoms with E-state index in [0.29, 0.717) is 0 Å². The van der Waals surface area contributed by atoms with Crippen molar-refractivity contribution in [3.8, 4) is 5.75 Å². The predicted octanol–water partition coefficient (Wildman–Crippen LogP) is 4.46. The molecule has 4 heteroatoms. The number of rotatable bonds is 4. The molecular weight excluding hydrogens is 326 g/mol. The van der Waals surface area contributed by atoms with E-state index in [0.717, 1.165) is 40.2 Å². The summed E-state index contributed by atoms with van der Waals surface area (Å²) in [7, 11) is 0. The van der Waals surface area contributed by atoms with Gasteiger partial charge in [-0.2, -0.15) is 0 Å². The lowest BCUT2D eigenvalue weighted by molar-refractivity contribution is 0.120. The summed E-state index contributed by atoms with van der Waals surface area (Å²) in [6.45, 7) is 8.76. The first kappa shape index (κ1) is 15.1. The largest absolute Gasteiger partial charge is 0.491 e. The minimum atomic E-state index is 0.720. The molecule has 0 unspecified atom stereocenters. The first-order valence-electron chi connectivity index (χ1n) is 6.85. The third-order valence-electron chi connectivity index (χ3n) is 3.50. The van der Waals surface area contributed by atoms with Crippen molar-refractivity contribution in [2.45, 2.75) is 20.3 Å². The summed E-state index contributed by atoms with van der Waals surface area (Å²) in [5, 5.41) is 0.720. The van der Waals surface area contributed by atoms with Crippen molar-refractivity contribution in [1.82, 2.24) is 4.90 Å². The Kier molecular flexibility index (Phi) is 5.55. The molecule has 0 spiro atoms. The van der Waals surface area contributed by atoms with Gasteiger partial charge in [0.1, 0.15) is 12.4 Å². The van der Waals surface area contributed by atoms with Crippen molar-refractivity contribution in [3.05, 3.63) is 27.7 Å². The molecule has 0 aliphatic carbocycles. The second-order valence-electron chi connectivity index (χ2n) is 5.63. The molecule has 1 aliphatic rings. The highest BCUT2D eigenvalue weighted by Crippen LogP contribution is 2.28. The molecule has 1 heterocycles. The molecule has 1 fully saturated rings. The van der Waals surface area contributed by atoms with Crippen LogP contribution in [-0.4, -0.2) is 31.1 Å². The van der Waals surface area contributed by atoms with Gasteiger partial charge in [0.25, 0.3) is 0 Å². The van der Waals surface area contributed by atoms with Crippen LogP contribution in [0.4, 0.5) is 0 Å². The van der Waals surface area contributed by atoms with Crippen molar-refractivity contribution in [3.63, 3.8) is 0 Å². The number of halogens is 2. The van der Waals surface area contributed by atoms with E-state index < -0.39 is 0 Å². The van der Waals surface area contributed by atoms with Crippen molar-refractivity contribution in [1.29, 1.82) is 0 Å². The van der Waals surface area contributed by atoms with Gasteiger partial charge in [-0.25, -0.2) is 0 Å². The third-order valence-corrected chi connectivity index (χ3v) is 4.36. The lowest BCUT2D eigenvalue weighted by Crippen LogP contribution is -2.40. The topological polar surface area (TPSA) is 12.5 Å². The maximum absolute atomic E-state index is 5.91. The van der Waals surface area contributed by atoms with E-state index in [4.69, 9.17) is 16.3 Å². The van der Waals surface area contributed by atoms with Crippen molar-refractivity contribution >= 4 is 27.5 Å². The minimum absolute atomic E-state index is 0.720. The van der Waals surface area contributed by atoms with Gasteiger partial charge in [-0.3, -0.25) is 4.90 Å². The number of hydrogen-bond acceptors (Lipinski definition) is 2. The van der Waals surface area contributed by atoms with Gasteiger partial charge in [0, 0.05) is 24.7 Å². The number of piperidine rings is 1. The molecular formula is C15H21BrClNO. The van der Waals surface area contributed by atoms with Crippen LogP contribution in [0, 0.1) is 11.8 Å². The summed E-state index contributed by atoms with van der Waals surface area (Å²) >= 11 is 9.38. The molecule has 0 bridgehead atoms. The summed E-state index contributed by atoms with van der Waals surface area (Å²) in [4.78, 5) is 2.50. The summed E-state index contributed by atoms with van der Waals surface area (Å²) < 4.78 is 6.73. The van der Waals surface area contributed by atoms with Crippen LogP contribution in [-0.2, 0) is 0 Å². The summed E-state index contributed by atoms with van der Waals surface area (Å²) in [6, 6.07) is 5.63. The normalized spacial score (nSPS) is 24.4. The maximum Gasteiger partial charge on any atom is 0.133 e. The van der Waals surface area contributed by atoms with Crippen LogP contribution in [0.2, 0.25) is 5.02 Å². The van der Waals surface area contributed by atoms with Crippen LogP contribution in [0.5, 0.6) is 5.75 Å². The van der Waals surface area contributed by atoms with Gasteiger partial charge in [0.05, 0.1) is 4.47 Å². The Morgan fingerprint density at radius 2 is 2.00 bits per heavy atom. The molecule has 0 amide bonds. The zero-order chi connectivity index (χ0) is 13.8. The van der Waals surface area contributed by atoms with Crippen LogP contribution in [0.25, 0.3) is 0 Å². The van der Waals surface area contributed by atoms with E-state index >= 15 is 0 Å². The molecule has 2 atom stereocenters. The van der Waals surface area contributed by atoms with Crippen LogP contribution in [0.3, 0.4) is 0 Å². The molecule has 0 saturated carbocycles. The minimum Gasteiger partial charge on any atom is -0.491 e. The van der Waals surface area contributed by atoms with E-state index in [9.17, 15) is 0 Å². The Bertz CT molecular complexity index is 417. The molecule has 1 saturated heterocycles. The van der Waals surface area contributed by atoms with Gasteiger partial charge in [0.15, 0.2) is 0 Å². The van der Waals surface area contributed by atoms with E-state index in [2.05, 4.69) is 34.7 Å². The van der Waals surface area contributed by atoms with Crippen LogP contribution < -0.4 is 4.74 Å². The van der Waals surface area contributed by atoms with Gasteiger partial charge in [-0.1, -0.05) is 25.4 Å². The van der Waals surface area contributed by atoms with Crippen LogP contribution in [0.15, 0.2) is 22.7 Å². The highest BCUT2D eigenvalue weighted by atomic mass is 79.9. The van der Waals surface area contributed by atoms with Gasteiger partial charge in [-0.15, -0.1) is 0 Å².